The molecule has 0 fully saturated rings. The third kappa shape index (κ3) is 4.04. The molecule has 0 saturated heterocycles. The SMILES string of the molecule is Oc1ccc(C(c2ccc(O)cc2)(c2cc(Cl)c(O)c(Cl)c2)c2cc(Cl)c(O)c(Cl)c2)cc1. The van der Waals surface area contributed by atoms with Crippen LogP contribution in [0, 0.1) is 0 Å². The van der Waals surface area contributed by atoms with E-state index in [0.29, 0.717) is 22.3 Å². The lowest BCUT2D eigenvalue weighted by atomic mass is 9.65. The second kappa shape index (κ2) is 8.88. The molecule has 4 aromatic rings. The van der Waals surface area contributed by atoms with Crippen LogP contribution in [0.1, 0.15) is 22.3 Å². The van der Waals surface area contributed by atoms with Crippen molar-refractivity contribution < 1.29 is 20.4 Å². The summed E-state index contributed by atoms with van der Waals surface area (Å²) >= 11 is 25.3. The number of halogens is 4. The van der Waals surface area contributed by atoms with Crippen molar-refractivity contribution in [1.82, 2.24) is 0 Å². The van der Waals surface area contributed by atoms with Crippen LogP contribution in [0.4, 0.5) is 0 Å². The third-order valence-corrected chi connectivity index (χ3v) is 6.65. The van der Waals surface area contributed by atoms with Crippen LogP contribution in [-0.4, -0.2) is 20.4 Å². The Balaban J connectivity index is 2.22. The van der Waals surface area contributed by atoms with E-state index < -0.39 is 5.41 Å². The van der Waals surface area contributed by atoms with E-state index in [4.69, 9.17) is 46.4 Å². The van der Waals surface area contributed by atoms with Crippen molar-refractivity contribution in [2.24, 2.45) is 0 Å². The molecule has 4 nitrogen and oxygen atoms in total. The molecule has 0 aliphatic carbocycles. The lowest BCUT2D eigenvalue weighted by molar-refractivity contribution is 0.474. The molecule has 0 aliphatic heterocycles. The van der Waals surface area contributed by atoms with Gasteiger partial charge in [-0.1, -0.05) is 70.7 Å². The fourth-order valence-corrected chi connectivity index (χ4v) is 4.96. The number of hydrogen-bond donors (Lipinski definition) is 4. The summed E-state index contributed by atoms with van der Waals surface area (Å²) in [7, 11) is 0. The van der Waals surface area contributed by atoms with Gasteiger partial charge in [0.05, 0.1) is 25.5 Å². The molecule has 4 rings (SSSR count). The lowest BCUT2D eigenvalue weighted by Crippen LogP contribution is -2.31. The van der Waals surface area contributed by atoms with E-state index in [2.05, 4.69) is 0 Å². The molecule has 0 atom stereocenters. The monoisotopic (exact) mass is 520 g/mol. The van der Waals surface area contributed by atoms with Crippen LogP contribution < -0.4 is 0 Å². The highest BCUT2D eigenvalue weighted by Crippen LogP contribution is 2.50. The van der Waals surface area contributed by atoms with Gasteiger partial charge in [0.1, 0.15) is 11.5 Å². The Kier molecular flexibility index (Phi) is 6.30. The number of hydrogen-bond acceptors (Lipinski definition) is 4. The minimum absolute atomic E-state index is 0.0235. The summed E-state index contributed by atoms with van der Waals surface area (Å²) in [6.07, 6.45) is 0. The van der Waals surface area contributed by atoms with Gasteiger partial charge in [0.25, 0.3) is 0 Å². The van der Waals surface area contributed by atoms with Crippen molar-refractivity contribution in [2.45, 2.75) is 5.41 Å². The first-order valence-electron chi connectivity index (χ1n) is 9.60. The zero-order chi connectivity index (χ0) is 23.9. The van der Waals surface area contributed by atoms with E-state index in [-0.39, 0.29) is 43.1 Å². The number of phenolic OH excluding ortho intramolecular Hbond substituents is 4. The lowest BCUT2D eigenvalue weighted by Gasteiger charge is -2.37. The summed E-state index contributed by atoms with van der Waals surface area (Å²) in [5, 5.41) is 40.4. The fraction of sp³-hybridized carbons (Fsp3) is 0.0400. The van der Waals surface area contributed by atoms with E-state index in [1.165, 1.54) is 24.3 Å². The van der Waals surface area contributed by atoms with Gasteiger partial charge >= 0.3 is 0 Å². The van der Waals surface area contributed by atoms with Crippen LogP contribution in [0.2, 0.25) is 20.1 Å². The molecule has 33 heavy (non-hydrogen) atoms. The van der Waals surface area contributed by atoms with E-state index >= 15 is 0 Å². The van der Waals surface area contributed by atoms with Crippen LogP contribution in [0.5, 0.6) is 23.0 Å². The van der Waals surface area contributed by atoms with Crippen molar-refractivity contribution in [2.75, 3.05) is 0 Å². The molecular weight excluding hydrogens is 506 g/mol. The van der Waals surface area contributed by atoms with Crippen LogP contribution >= 0.6 is 46.4 Å². The Morgan fingerprint density at radius 2 is 0.697 bits per heavy atom. The van der Waals surface area contributed by atoms with Gasteiger partial charge in [-0.05, 0) is 70.8 Å². The van der Waals surface area contributed by atoms with Crippen molar-refractivity contribution >= 4 is 46.4 Å². The van der Waals surface area contributed by atoms with E-state index in [1.54, 1.807) is 48.5 Å². The highest BCUT2D eigenvalue weighted by Gasteiger charge is 2.40. The van der Waals surface area contributed by atoms with Crippen molar-refractivity contribution in [1.29, 1.82) is 0 Å². The molecular formula is C25H16Cl4O4. The van der Waals surface area contributed by atoms with Crippen LogP contribution in [0.25, 0.3) is 0 Å². The van der Waals surface area contributed by atoms with E-state index in [0.717, 1.165) is 0 Å². The van der Waals surface area contributed by atoms with Gasteiger partial charge in [-0.25, -0.2) is 0 Å². The average molecular weight is 522 g/mol. The maximum absolute atomic E-state index is 10.2. The standard InChI is InChI=1S/C25H16Cl4O4/c26-19-9-15(10-20(27)23(19)32)25(13-1-5-17(30)6-2-13,14-3-7-18(31)8-4-14)16-11-21(28)24(33)22(29)12-16/h1-12,30-33H. The average Bonchev–Trinajstić information content (AvgIpc) is 2.78. The normalized spacial score (nSPS) is 11.5. The Morgan fingerprint density at radius 3 is 0.970 bits per heavy atom. The molecule has 0 unspecified atom stereocenters. The van der Waals surface area contributed by atoms with Crippen LogP contribution in [-0.2, 0) is 5.41 Å². The predicted molar refractivity (Wildman–Crippen MR) is 131 cm³/mol. The van der Waals surface area contributed by atoms with Crippen molar-refractivity contribution in [3.63, 3.8) is 0 Å². The van der Waals surface area contributed by atoms with E-state index in [9.17, 15) is 20.4 Å². The molecule has 0 aromatic heterocycles. The van der Waals surface area contributed by atoms with Gasteiger partial charge in [0.15, 0.2) is 11.5 Å². The van der Waals surface area contributed by atoms with Gasteiger partial charge in [-0.3, -0.25) is 0 Å². The summed E-state index contributed by atoms with van der Waals surface area (Å²) in [6.45, 7) is 0. The molecule has 0 aliphatic rings. The van der Waals surface area contributed by atoms with Crippen molar-refractivity contribution in [3.05, 3.63) is 115 Å². The van der Waals surface area contributed by atoms with Gasteiger partial charge in [-0.15, -0.1) is 0 Å². The Hall–Kier alpha value is -2.76. The molecule has 0 bridgehead atoms. The molecule has 0 saturated carbocycles. The summed E-state index contributed by atoms with van der Waals surface area (Å²) in [6, 6.07) is 19.2. The van der Waals surface area contributed by atoms with Gasteiger partial charge in [0.2, 0.25) is 0 Å². The van der Waals surface area contributed by atoms with Gasteiger partial charge < -0.3 is 20.4 Å². The molecule has 8 heteroatoms. The first-order chi connectivity index (χ1) is 15.6. The Morgan fingerprint density at radius 1 is 0.424 bits per heavy atom. The fourth-order valence-electron chi connectivity index (χ4n) is 3.99. The highest BCUT2D eigenvalue weighted by atomic mass is 35.5. The molecule has 4 N–H and O–H groups in total. The summed E-state index contributed by atoms with van der Waals surface area (Å²) in [5.74, 6) is -0.424. The zero-order valence-corrected chi connectivity index (χ0v) is 19.8. The minimum Gasteiger partial charge on any atom is -0.508 e. The second-order valence-corrected chi connectivity index (χ2v) is 9.05. The number of phenols is 4. The molecule has 168 valence electrons. The maximum Gasteiger partial charge on any atom is 0.152 e. The quantitative estimate of drug-likeness (QED) is 0.209. The first-order valence-corrected chi connectivity index (χ1v) is 11.1. The van der Waals surface area contributed by atoms with Crippen LogP contribution in [0.15, 0.2) is 72.8 Å². The summed E-state index contributed by atoms with van der Waals surface area (Å²) in [5.41, 5.74) is 1.25. The number of benzene rings is 4. The third-order valence-electron chi connectivity index (χ3n) is 5.50. The van der Waals surface area contributed by atoms with Crippen molar-refractivity contribution in [3.8, 4) is 23.0 Å². The summed E-state index contributed by atoms with van der Waals surface area (Å²) < 4.78 is 0. The first kappa shape index (κ1) is 23.4. The van der Waals surface area contributed by atoms with Gasteiger partial charge in [-0.2, -0.15) is 0 Å². The largest absolute Gasteiger partial charge is 0.508 e. The molecule has 0 radical (unpaired) electrons. The van der Waals surface area contributed by atoms with E-state index in [1.807, 2.05) is 0 Å². The molecule has 0 amide bonds. The number of aromatic hydroxyl groups is 4. The minimum atomic E-state index is -1.18. The zero-order valence-electron chi connectivity index (χ0n) is 16.7. The molecule has 4 aromatic carbocycles. The topological polar surface area (TPSA) is 80.9 Å². The Labute approximate surface area is 209 Å². The number of rotatable bonds is 4. The highest BCUT2D eigenvalue weighted by molar-refractivity contribution is 6.38. The predicted octanol–water partition coefficient (Wildman–Crippen LogP) is 7.51. The smallest absolute Gasteiger partial charge is 0.152 e. The molecule has 0 heterocycles. The van der Waals surface area contributed by atoms with Crippen LogP contribution in [0.3, 0.4) is 0 Å². The second-order valence-electron chi connectivity index (χ2n) is 7.42. The summed E-state index contributed by atoms with van der Waals surface area (Å²) in [4.78, 5) is 0. The molecule has 0 spiro atoms. The maximum atomic E-state index is 10.2. The van der Waals surface area contributed by atoms with Gasteiger partial charge in [0, 0.05) is 0 Å². The Bertz CT molecular complexity index is 1180.